The maximum atomic E-state index is 12.9. The quantitative estimate of drug-likeness (QED) is 0.605. The highest BCUT2D eigenvalue weighted by Crippen LogP contribution is 2.33. The summed E-state index contributed by atoms with van der Waals surface area (Å²) in [6.07, 6.45) is 4.16. The van der Waals surface area contributed by atoms with Crippen LogP contribution in [-0.4, -0.2) is 80.1 Å². The predicted octanol–water partition coefficient (Wildman–Crippen LogP) is 2.88. The Morgan fingerprint density at radius 1 is 1.25 bits per heavy atom. The van der Waals surface area contributed by atoms with Crippen molar-refractivity contribution in [2.75, 3.05) is 62.5 Å². The van der Waals surface area contributed by atoms with Crippen LogP contribution in [0.1, 0.15) is 43.5 Å². The van der Waals surface area contributed by atoms with Gasteiger partial charge in [0.2, 0.25) is 11.9 Å². The fraction of sp³-hybridized carbons (Fsp3) is 0.538. The van der Waals surface area contributed by atoms with Crippen LogP contribution in [0.15, 0.2) is 24.4 Å². The number of rotatable bonds is 7. The van der Waals surface area contributed by atoms with Gasteiger partial charge in [-0.1, -0.05) is 13.8 Å². The van der Waals surface area contributed by atoms with E-state index in [0.717, 1.165) is 38.3 Å². The van der Waals surface area contributed by atoms with Gasteiger partial charge >= 0.3 is 0 Å². The standard InChI is InChI=1S/C26H37N7O3/c1-17(2)15-33-12-10-23(34)32(4)21-14-27-26(30-24(21)33)29-20-9-8-18(13-22(20)36-5)25(35)28-19-7-6-11-31(3)16-19/h8-9,13-14,17,19H,6-7,10-12,15-16H2,1-5H3,(H,28,35)(H,27,29,30). The number of carbonyl (C=O) groups is 2. The number of methoxy groups -OCH3 is 1. The first-order valence-corrected chi connectivity index (χ1v) is 12.6. The van der Waals surface area contributed by atoms with E-state index in [1.807, 2.05) is 0 Å². The van der Waals surface area contributed by atoms with Gasteiger partial charge in [-0.3, -0.25) is 9.59 Å². The molecule has 2 aliphatic rings. The SMILES string of the molecule is COc1cc(C(=O)NC2CCCN(C)C2)ccc1Nc1ncc2c(n1)N(CC(C)C)CCC(=O)N2C. The summed E-state index contributed by atoms with van der Waals surface area (Å²) >= 11 is 0. The summed E-state index contributed by atoms with van der Waals surface area (Å²) in [4.78, 5) is 40.6. The minimum absolute atomic E-state index is 0.0437. The van der Waals surface area contributed by atoms with Crippen LogP contribution in [0.3, 0.4) is 0 Å². The van der Waals surface area contributed by atoms with E-state index in [1.54, 1.807) is 43.5 Å². The monoisotopic (exact) mass is 495 g/mol. The number of amides is 2. The Hall–Kier alpha value is -3.40. The first-order chi connectivity index (χ1) is 17.2. The molecule has 1 atom stereocenters. The number of hydrogen-bond acceptors (Lipinski definition) is 8. The van der Waals surface area contributed by atoms with E-state index in [1.165, 1.54) is 0 Å². The molecule has 36 heavy (non-hydrogen) atoms. The van der Waals surface area contributed by atoms with Crippen molar-refractivity contribution >= 4 is 35.0 Å². The van der Waals surface area contributed by atoms with Crippen molar-refractivity contribution in [3.63, 3.8) is 0 Å². The molecular weight excluding hydrogens is 458 g/mol. The molecule has 2 aliphatic heterocycles. The lowest BCUT2D eigenvalue weighted by Gasteiger charge is -2.30. The van der Waals surface area contributed by atoms with Gasteiger partial charge in [0.15, 0.2) is 5.82 Å². The number of aromatic nitrogens is 2. The van der Waals surface area contributed by atoms with E-state index in [2.05, 4.69) is 46.3 Å². The van der Waals surface area contributed by atoms with E-state index in [9.17, 15) is 9.59 Å². The lowest BCUT2D eigenvalue weighted by Crippen LogP contribution is -2.46. The third kappa shape index (κ3) is 5.87. The summed E-state index contributed by atoms with van der Waals surface area (Å²) in [5.74, 6) is 1.98. The van der Waals surface area contributed by atoms with Crippen molar-refractivity contribution in [3.05, 3.63) is 30.0 Å². The molecule has 1 aromatic carbocycles. The van der Waals surface area contributed by atoms with E-state index >= 15 is 0 Å². The van der Waals surface area contributed by atoms with Crippen LogP contribution >= 0.6 is 0 Å². The van der Waals surface area contributed by atoms with Crippen LogP contribution in [0.25, 0.3) is 0 Å². The topological polar surface area (TPSA) is 103 Å². The van der Waals surface area contributed by atoms with Crippen molar-refractivity contribution in [1.29, 1.82) is 0 Å². The zero-order valence-electron chi connectivity index (χ0n) is 21.9. The highest BCUT2D eigenvalue weighted by molar-refractivity contribution is 5.97. The Balaban J connectivity index is 1.55. The molecule has 2 amide bonds. The number of likely N-dealkylation sites (N-methyl/N-ethyl adjacent to an activating group) is 1. The van der Waals surface area contributed by atoms with Gasteiger partial charge in [-0.15, -0.1) is 0 Å². The van der Waals surface area contributed by atoms with Crippen molar-refractivity contribution in [2.45, 2.75) is 39.2 Å². The normalized spacial score (nSPS) is 18.6. The number of fused-ring (bicyclic) bond motifs is 1. The summed E-state index contributed by atoms with van der Waals surface area (Å²) in [7, 11) is 5.40. The Bertz CT molecular complexity index is 1110. The Kier molecular flexibility index (Phi) is 7.93. The van der Waals surface area contributed by atoms with E-state index in [-0.39, 0.29) is 17.9 Å². The smallest absolute Gasteiger partial charge is 0.251 e. The second-order valence-electron chi connectivity index (χ2n) is 10.1. The zero-order valence-corrected chi connectivity index (χ0v) is 21.9. The van der Waals surface area contributed by atoms with Gasteiger partial charge in [0.05, 0.1) is 19.0 Å². The van der Waals surface area contributed by atoms with E-state index in [4.69, 9.17) is 9.72 Å². The molecule has 0 aliphatic carbocycles. The van der Waals surface area contributed by atoms with Gasteiger partial charge in [-0.2, -0.15) is 4.98 Å². The summed E-state index contributed by atoms with van der Waals surface area (Å²) in [6, 6.07) is 5.45. The lowest BCUT2D eigenvalue weighted by molar-refractivity contribution is -0.118. The minimum Gasteiger partial charge on any atom is -0.495 e. The van der Waals surface area contributed by atoms with Crippen LogP contribution in [0.4, 0.5) is 23.1 Å². The Morgan fingerprint density at radius 3 is 2.78 bits per heavy atom. The molecule has 1 aromatic heterocycles. The first-order valence-electron chi connectivity index (χ1n) is 12.6. The predicted molar refractivity (Wildman–Crippen MR) is 141 cm³/mol. The average molecular weight is 496 g/mol. The molecule has 10 nitrogen and oxygen atoms in total. The van der Waals surface area contributed by atoms with Crippen LogP contribution < -0.4 is 25.2 Å². The number of carbonyl (C=O) groups excluding carboxylic acids is 2. The number of nitrogens with zero attached hydrogens (tertiary/aromatic N) is 5. The molecule has 1 unspecified atom stereocenters. The molecule has 1 saturated heterocycles. The molecule has 4 rings (SSSR count). The first kappa shape index (κ1) is 25.7. The molecule has 10 heteroatoms. The number of anilines is 4. The number of nitrogens with one attached hydrogen (secondary N) is 2. The largest absolute Gasteiger partial charge is 0.495 e. The Labute approximate surface area is 213 Å². The Morgan fingerprint density at radius 2 is 2.06 bits per heavy atom. The summed E-state index contributed by atoms with van der Waals surface area (Å²) < 4.78 is 5.58. The van der Waals surface area contributed by atoms with Crippen LogP contribution in [0.2, 0.25) is 0 Å². The maximum absolute atomic E-state index is 12.9. The van der Waals surface area contributed by atoms with Crippen LogP contribution in [0.5, 0.6) is 5.75 Å². The maximum Gasteiger partial charge on any atom is 0.251 e. The average Bonchev–Trinajstić information content (AvgIpc) is 2.96. The van der Waals surface area contributed by atoms with Crippen LogP contribution in [0, 0.1) is 5.92 Å². The third-order valence-corrected chi connectivity index (χ3v) is 6.64. The lowest BCUT2D eigenvalue weighted by atomic mass is 10.1. The molecule has 2 N–H and O–H groups in total. The fourth-order valence-corrected chi connectivity index (χ4v) is 4.76. The molecule has 194 valence electrons. The number of hydrogen-bond donors (Lipinski definition) is 2. The zero-order chi connectivity index (χ0) is 25.8. The second-order valence-corrected chi connectivity index (χ2v) is 10.1. The van der Waals surface area contributed by atoms with Gasteiger partial charge in [0, 0.05) is 44.7 Å². The molecule has 0 radical (unpaired) electrons. The summed E-state index contributed by atoms with van der Waals surface area (Å²) in [6.45, 7) is 7.60. The number of ether oxygens (including phenoxy) is 1. The van der Waals surface area contributed by atoms with Gasteiger partial charge in [-0.05, 0) is 50.6 Å². The van der Waals surface area contributed by atoms with Crippen molar-refractivity contribution in [1.82, 2.24) is 20.2 Å². The molecule has 0 saturated carbocycles. The van der Waals surface area contributed by atoms with Gasteiger partial charge < -0.3 is 30.1 Å². The van der Waals surface area contributed by atoms with Gasteiger partial charge in [0.1, 0.15) is 11.4 Å². The number of benzene rings is 1. The van der Waals surface area contributed by atoms with Crippen molar-refractivity contribution < 1.29 is 14.3 Å². The number of likely N-dealkylation sites (tertiary alicyclic amines) is 1. The molecule has 1 fully saturated rings. The van der Waals surface area contributed by atoms with Crippen molar-refractivity contribution in [2.24, 2.45) is 5.92 Å². The molecule has 0 spiro atoms. The summed E-state index contributed by atoms with van der Waals surface area (Å²) in [5, 5.41) is 6.37. The highest BCUT2D eigenvalue weighted by atomic mass is 16.5. The van der Waals surface area contributed by atoms with Crippen molar-refractivity contribution in [3.8, 4) is 5.75 Å². The molecule has 2 aromatic rings. The fourth-order valence-electron chi connectivity index (χ4n) is 4.76. The van der Waals surface area contributed by atoms with Crippen LogP contribution in [-0.2, 0) is 4.79 Å². The van der Waals surface area contributed by atoms with Gasteiger partial charge in [0.25, 0.3) is 5.91 Å². The number of piperidine rings is 1. The van der Waals surface area contributed by atoms with E-state index < -0.39 is 0 Å². The van der Waals surface area contributed by atoms with E-state index in [0.29, 0.717) is 47.5 Å². The molecule has 0 bridgehead atoms. The second kappa shape index (κ2) is 11.1. The minimum atomic E-state index is -0.113. The molecular formula is C26H37N7O3. The molecule has 3 heterocycles. The highest BCUT2D eigenvalue weighted by Gasteiger charge is 2.27. The van der Waals surface area contributed by atoms with Gasteiger partial charge in [-0.25, -0.2) is 4.98 Å². The third-order valence-electron chi connectivity index (χ3n) is 6.64. The summed E-state index contributed by atoms with van der Waals surface area (Å²) in [5.41, 5.74) is 1.88.